The molecule has 2 aromatic heterocycles. The van der Waals surface area contributed by atoms with E-state index in [0.717, 1.165) is 6.42 Å². The summed E-state index contributed by atoms with van der Waals surface area (Å²) in [6.45, 7) is -0.237. The van der Waals surface area contributed by atoms with Crippen LogP contribution in [-0.4, -0.2) is 49.4 Å². The number of imidazole rings is 1. The number of azide groups is 1. The largest absolute Gasteiger partial charge is 0.394 e. The van der Waals surface area contributed by atoms with Gasteiger partial charge in [-0.15, -0.1) is 0 Å². The fourth-order valence-corrected chi connectivity index (χ4v) is 4.08. The lowest BCUT2D eigenvalue weighted by molar-refractivity contribution is -0.0232. The molecule has 0 spiro atoms. The zero-order valence-electron chi connectivity index (χ0n) is 16.0. The smallest absolute Gasteiger partial charge is 0.224 e. The number of ether oxygens (including phenoxy) is 1. The van der Waals surface area contributed by atoms with Gasteiger partial charge in [0.15, 0.2) is 17.0 Å². The molecule has 3 aromatic rings. The molecule has 11 heteroatoms. The summed E-state index contributed by atoms with van der Waals surface area (Å²) in [6.07, 6.45) is 1.99. The summed E-state index contributed by atoms with van der Waals surface area (Å²) in [6, 6.07) is 10.1. The fraction of sp³-hybridized carbons (Fsp3) is 0.421. The zero-order chi connectivity index (χ0) is 20.7. The first-order valence-electron chi connectivity index (χ1n) is 9.80. The Balaban J connectivity index is 1.41. The van der Waals surface area contributed by atoms with Gasteiger partial charge < -0.3 is 20.9 Å². The van der Waals surface area contributed by atoms with Crippen LogP contribution in [0.4, 0.5) is 11.8 Å². The average Bonchev–Trinajstić information content (AvgIpc) is 3.19. The Morgan fingerprint density at radius 3 is 2.90 bits per heavy atom. The van der Waals surface area contributed by atoms with Crippen LogP contribution in [0.25, 0.3) is 21.6 Å². The minimum absolute atomic E-state index is 0.131. The van der Waals surface area contributed by atoms with Crippen molar-refractivity contribution in [2.45, 2.75) is 43.2 Å². The van der Waals surface area contributed by atoms with Gasteiger partial charge in [-0.05, 0) is 17.5 Å². The Morgan fingerprint density at radius 2 is 2.13 bits per heavy atom. The Morgan fingerprint density at radius 1 is 1.30 bits per heavy atom. The van der Waals surface area contributed by atoms with Crippen LogP contribution >= 0.6 is 0 Å². The van der Waals surface area contributed by atoms with Gasteiger partial charge in [-0.2, -0.15) is 9.97 Å². The highest BCUT2D eigenvalue weighted by molar-refractivity contribution is 5.84. The second-order valence-electron chi connectivity index (χ2n) is 7.58. The highest BCUT2D eigenvalue weighted by atomic mass is 16.5. The Kier molecular flexibility index (Phi) is 4.62. The van der Waals surface area contributed by atoms with Gasteiger partial charge in [0.25, 0.3) is 0 Å². The number of nitrogens with two attached hydrogens (primary N) is 1. The third-order valence-corrected chi connectivity index (χ3v) is 5.67. The number of anilines is 2. The number of aliphatic hydroxyl groups excluding tert-OH is 1. The maximum Gasteiger partial charge on any atom is 0.224 e. The number of rotatable bonds is 6. The third-order valence-electron chi connectivity index (χ3n) is 5.67. The first-order chi connectivity index (χ1) is 14.7. The number of hydrogen-bond acceptors (Lipinski definition) is 8. The summed E-state index contributed by atoms with van der Waals surface area (Å²) >= 11 is 0. The number of aromatic nitrogens is 4. The molecule has 5 rings (SSSR count). The van der Waals surface area contributed by atoms with Crippen molar-refractivity contribution in [3.63, 3.8) is 0 Å². The summed E-state index contributed by atoms with van der Waals surface area (Å²) in [5, 5.41) is 16.7. The van der Waals surface area contributed by atoms with Gasteiger partial charge in [-0.3, -0.25) is 4.57 Å². The average molecular weight is 407 g/mol. The molecule has 1 aliphatic heterocycles. The molecule has 154 valence electrons. The number of benzene rings is 1. The standard InChI is InChI=1S/C19H21N9O2/c20-19-24-17(23-12-6-11(12)10-4-2-1-3-5-10)16-18(25-19)28(9-22-16)15-7-13(26-27-21)14(8-29)30-15/h1-5,9,11-15,29H,6-8H2,(H3,20,23,24,25)/t11?,12?,13-,14+,15+/m0/s1. The van der Waals surface area contributed by atoms with Crippen molar-refractivity contribution in [1.82, 2.24) is 19.5 Å². The van der Waals surface area contributed by atoms with Crippen LogP contribution in [0.1, 0.15) is 30.6 Å². The number of nitrogen functional groups attached to an aromatic ring is 1. The van der Waals surface area contributed by atoms with Crippen molar-refractivity contribution in [3.05, 3.63) is 52.7 Å². The second kappa shape index (κ2) is 7.45. The quantitative estimate of drug-likeness (QED) is 0.321. The molecule has 1 saturated carbocycles. The molecule has 1 aromatic carbocycles. The van der Waals surface area contributed by atoms with Crippen molar-refractivity contribution < 1.29 is 9.84 Å². The Bertz CT molecular complexity index is 1110. The van der Waals surface area contributed by atoms with Crippen molar-refractivity contribution in [3.8, 4) is 0 Å². The lowest BCUT2D eigenvalue weighted by atomic mass is 10.1. The van der Waals surface area contributed by atoms with E-state index >= 15 is 0 Å². The number of nitrogens with one attached hydrogen (secondary N) is 1. The predicted octanol–water partition coefficient (Wildman–Crippen LogP) is 2.34. The van der Waals surface area contributed by atoms with Crippen LogP contribution in [0.2, 0.25) is 0 Å². The van der Waals surface area contributed by atoms with E-state index < -0.39 is 18.4 Å². The maximum atomic E-state index is 9.52. The summed E-state index contributed by atoms with van der Waals surface area (Å²) < 4.78 is 7.61. The van der Waals surface area contributed by atoms with E-state index in [1.54, 1.807) is 10.9 Å². The van der Waals surface area contributed by atoms with Crippen LogP contribution in [0, 0.1) is 0 Å². The molecule has 1 saturated heterocycles. The molecule has 30 heavy (non-hydrogen) atoms. The summed E-state index contributed by atoms with van der Waals surface area (Å²) in [4.78, 5) is 16.0. The van der Waals surface area contributed by atoms with Crippen molar-refractivity contribution >= 4 is 22.9 Å². The molecule has 4 N–H and O–H groups in total. The first-order valence-corrected chi connectivity index (χ1v) is 9.80. The van der Waals surface area contributed by atoms with Gasteiger partial charge in [-0.1, -0.05) is 35.4 Å². The molecule has 1 aliphatic carbocycles. The maximum absolute atomic E-state index is 9.52. The number of fused-ring (bicyclic) bond motifs is 1. The minimum Gasteiger partial charge on any atom is -0.394 e. The normalized spacial score (nSPS) is 27.7. The van der Waals surface area contributed by atoms with Crippen molar-refractivity contribution in [1.29, 1.82) is 0 Å². The molecular weight excluding hydrogens is 386 g/mol. The highest BCUT2D eigenvalue weighted by Gasteiger charge is 2.40. The van der Waals surface area contributed by atoms with Crippen LogP contribution in [0.15, 0.2) is 41.8 Å². The van der Waals surface area contributed by atoms with Gasteiger partial charge in [0.05, 0.1) is 25.1 Å². The molecule has 2 aliphatic rings. The van der Waals surface area contributed by atoms with Crippen molar-refractivity contribution in [2.75, 3.05) is 17.7 Å². The lowest BCUT2D eigenvalue weighted by Gasteiger charge is -2.14. The van der Waals surface area contributed by atoms with Crippen LogP contribution in [-0.2, 0) is 4.74 Å². The molecule has 0 amide bonds. The molecule has 11 nitrogen and oxygen atoms in total. The second-order valence-corrected chi connectivity index (χ2v) is 7.58. The molecule has 5 atom stereocenters. The van der Waals surface area contributed by atoms with Gasteiger partial charge in [-0.25, -0.2) is 4.98 Å². The first kappa shape index (κ1) is 18.6. The topological polar surface area (TPSA) is 160 Å². The van der Waals surface area contributed by atoms with Gasteiger partial charge >= 0.3 is 0 Å². The predicted molar refractivity (Wildman–Crippen MR) is 109 cm³/mol. The molecule has 3 heterocycles. The number of nitrogens with zero attached hydrogens (tertiary/aromatic N) is 7. The van der Waals surface area contributed by atoms with Crippen LogP contribution in [0.5, 0.6) is 0 Å². The molecule has 0 radical (unpaired) electrons. The van der Waals surface area contributed by atoms with Crippen LogP contribution < -0.4 is 11.1 Å². The number of hydrogen-bond donors (Lipinski definition) is 3. The van der Waals surface area contributed by atoms with Gasteiger partial charge in [0.2, 0.25) is 5.95 Å². The van der Waals surface area contributed by atoms with Gasteiger partial charge in [0, 0.05) is 23.3 Å². The minimum atomic E-state index is -0.571. The van der Waals surface area contributed by atoms with E-state index in [2.05, 4.69) is 42.4 Å². The van der Waals surface area contributed by atoms with E-state index in [4.69, 9.17) is 16.0 Å². The SMILES string of the molecule is [N-]=[N+]=N[C@H]1C[C@H](n2cnc3c(NC4CC4c4ccccc4)nc(N)nc32)O[C@@H]1CO. The fourth-order valence-electron chi connectivity index (χ4n) is 4.08. The number of aliphatic hydroxyl groups is 1. The lowest BCUT2D eigenvalue weighted by Crippen LogP contribution is -2.22. The molecule has 2 unspecified atom stereocenters. The highest BCUT2D eigenvalue weighted by Crippen LogP contribution is 2.43. The van der Waals surface area contributed by atoms with E-state index in [-0.39, 0.29) is 18.6 Å². The van der Waals surface area contributed by atoms with Gasteiger partial charge in [0.1, 0.15) is 6.23 Å². The molecule has 2 fully saturated rings. The van der Waals surface area contributed by atoms with E-state index in [1.165, 1.54) is 5.56 Å². The summed E-state index contributed by atoms with van der Waals surface area (Å²) in [5.41, 5.74) is 17.1. The summed E-state index contributed by atoms with van der Waals surface area (Å²) in [7, 11) is 0. The Labute approximate surface area is 171 Å². The van der Waals surface area contributed by atoms with Crippen molar-refractivity contribution in [2.24, 2.45) is 5.11 Å². The van der Waals surface area contributed by atoms with E-state index in [1.807, 2.05) is 18.2 Å². The monoisotopic (exact) mass is 407 g/mol. The Hall–Kier alpha value is -3.40. The molecule has 0 bridgehead atoms. The third kappa shape index (κ3) is 3.28. The van der Waals surface area contributed by atoms with E-state index in [0.29, 0.717) is 29.3 Å². The van der Waals surface area contributed by atoms with E-state index in [9.17, 15) is 5.11 Å². The summed E-state index contributed by atoms with van der Waals surface area (Å²) in [5.74, 6) is 1.14. The van der Waals surface area contributed by atoms with Crippen LogP contribution in [0.3, 0.4) is 0 Å². The zero-order valence-corrected chi connectivity index (χ0v) is 16.0. The molecular formula is C19H21N9O2.